The molecule has 3 nitrogen and oxygen atoms in total. The summed E-state index contributed by atoms with van der Waals surface area (Å²) in [6, 6.07) is 7.31. The van der Waals surface area contributed by atoms with Crippen molar-refractivity contribution in [3.05, 3.63) is 35.4 Å². The van der Waals surface area contributed by atoms with Crippen molar-refractivity contribution in [2.75, 3.05) is 19.7 Å². The number of halogens is 1. The smallest absolute Gasteiger partial charge is 0.253 e. The number of rotatable bonds is 6. The SMILES string of the molecule is CCN(CCCO)C(=O)c1ccc(CCl)cc1. The maximum absolute atomic E-state index is 12.1. The maximum atomic E-state index is 12.1. The number of alkyl halides is 1. The number of aliphatic hydroxyl groups excluding tert-OH is 1. The van der Waals surface area contributed by atoms with Crippen LogP contribution in [0.3, 0.4) is 0 Å². The van der Waals surface area contributed by atoms with Gasteiger partial charge in [0.2, 0.25) is 0 Å². The summed E-state index contributed by atoms with van der Waals surface area (Å²) in [6.45, 7) is 3.27. The standard InChI is InChI=1S/C13H18ClNO2/c1-2-15(8-3-9-16)13(17)12-6-4-11(10-14)5-7-12/h4-7,16H,2-3,8-10H2,1H3. The van der Waals surface area contributed by atoms with Gasteiger partial charge in [-0.1, -0.05) is 12.1 Å². The number of hydrogen-bond donors (Lipinski definition) is 1. The van der Waals surface area contributed by atoms with Crippen molar-refractivity contribution in [1.29, 1.82) is 0 Å². The van der Waals surface area contributed by atoms with Crippen LogP contribution in [0.25, 0.3) is 0 Å². The molecular formula is C13H18ClNO2. The molecular weight excluding hydrogens is 238 g/mol. The van der Waals surface area contributed by atoms with Gasteiger partial charge in [-0.05, 0) is 31.0 Å². The molecule has 0 aliphatic heterocycles. The molecule has 0 spiro atoms. The summed E-state index contributed by atoms with van der Waals surface area (Å²) in [5, 5.41) is 8.78. The number of hydrogen-bond acceptors (Lipinski definition) is 2. The van der Waals surface area contributed by atoms with Gasteiger partial charge in [-0.25, -0.2) is 0 Å². The van der Waals surface area contributed by atoms with Crippen LogP contribution in [0.4, 0.5) is 0 Å². The molecule has 0 aromatic heterocycles. The molecule has 1 aromatic carbocycles. The number of benzene rings is 1. The molecule has 94 valence electrons. The molecule has 4 heteroatoms. The van der Waals surface area contributed by atoms with Gasteiger partial charge in [-0.2, -0.15) is 0 Å². The van der Waals surface area contributed by atoms with Gasteiger partial charge >= 0.3 is 0 Å². The number of carbonyl (C=O) groups is 1. The molecule has 0 unspecified atom stereocenters. The zero-order valence-electron chi connectivity index (χ0n) is 10.0. The second-order valence-corrected chi connectivity index (χ2v) is 4.06. The Morgan fingerprint density at radius 1 is 1.35 bits per heavy atom. The van der Waals surface area contributed by atoms with Crippen molar-refractivity contribution in [3.63, 3.8) is 0 Å². The highest BCUT2D eigenvalue weighted by molar-refractivity contribution is 6.17. The average Bonchev–Trinajstić information content (AvgIpc) is 2.39. The maximum Gasteiger partial charge on any atom is 0.253 e. The van der Waals surface area contributed by atoms with Crippen molar-refractivity contribution < 1.29 is 9.90 Å². The summed E-state index contributed by atoms with van der Waals surface area (Å²) in [7, 11) is 0. The monoisotopic (exact) mass is 255 g/mol. The van der Waals surface area contributed by atoms with Gasteiger partial charge in [0.25, 0.3) is 5.91 Å². The highest BCUT2D eigenvalue weighted by Crippen LogP contribution is 2.09. The van der Waals surface area contributed by atoms with E-state index in [1.54, 1.807) is 17.0 Å². The fourth-order valence-electron chi connectivity index (χ4n) is 1.58. The van der Waals surface area contributed by atoms with E-state index in [1.807, 2.05) is 19.1 Å². The van der Waals surface area contributed by atoms with Gasteiger partial charge in [-0.3, -0.25) is 4.79 Å². The summed E-state index contributed by atoms with van der Waals surface area (Å²) >= 11 is 5.69. The van der Waals surface area contributed by atoms with E-state index < -0.39 is 0 Å². The molecule has 1 N–H and O–H groups in total. The Morgan fingerprint density at radius 3 is 2.47 bits per heavy atom. The average molecular weight is 256 g/mol. The Kier molecular flexibility index (Phi) is 6.01. The first-order valence-electron chi connectivity index (χ1n) is 5.78. The normalized spacial score (nSPS) is 10.3. The topological polar surface area (TPSA) is 40.5 Å². The minimum absolute atomic E-state index is 0.00192. The fourth-order valence-corrected chi connectivity index (χ4v) is 1.76. The third-order valence-electron chi connectivity index (χ3n) is 2.61. The van der Waals surface area contributed by atoms with Crippen LogP contribution in [0.15, 0.2) is 24.3 Å². The van der Waals surface area contributed by atoms with Gasteiger partial charge in [0.1, 0.15) is 0 Å². The van der Waals surface area contributed by atoms with Gasteiger partial charge in [0, 0.05) is 31.1 Å². The zero-order chi connectivity index (χ0) is 12.7. The molecule has 0 atom stereocenters. The molecule has 1 amide bonds. The fraction of sp³-hybridized carbons (Fsp3) is 0.462. The Bertz CT molecular complexity index is 351. The summed E-state index contributed by atoms with van der Waals surface area (Å²) in [6.07, 6.45) is 0.610. The lowest BCUT2D eigenvalue weighted by Gasteiger charge is -2.20. The van der Waals surface area contributed by atoms with Crippen LogP contribution in [0.1, 0.15) is 29.3 Å². The van der Waals surface area contributed by atoms with E-state index in [4.69, 9.17) is 16.7 Å². The first kappa shape index (κ1) is 14.0. The van der Waals surface area contributed by atoms with Crippen LogP contribution in [0.5, 0.6) is 0 Å². The Balaban J connectivity index is 2.71. The Hall–Kier alpha value is -1.06. The van der Waals surface area contributed by atoms with Gasteiger partial charge in [0.15, 0.2) is 0 Å². The second-order valence-electron chi connectivity index (χ2n) is 3.79. The molecule has 1 aromatic rings. The van der Waals surface area contributed by atoms with Gasteiger partial charge in [0.05, 0.1) is 0 Å². The molecule has 0 aliphatic rings. The summed E-state index contributed by atoms with van der Waals surface area (Å²) in [4.78, 5) is 13.8. The molecule has 1 rings (SSSR count). The first-order valence-corrected chi connectivity index (χ1v) is 6.31. The van der Waals surface area contributed by atoms with Crippen LogP contribution < -0.4 is 0 Å². The van der Waals surface area contributed by atoms with Crippen LogP contribution in [0.2, 0.25) is 0 Å². The van der Waals surface area contributed by atoms with Crippen molar-refractivity contribution in [2.45, 2.75) is 19.2 Å². The van der Waals surface area contributed by atoms with E-state index in [-0.39, 0.29) is 12.5 Å². The van der Waals surface area contributed by atoms with Crippen LogP contribution in [-0.2, 0) is 5.88 Å². The summed E-state index contributed by atoms with van der Waals surface area (Å²) in [5.74, 6) is 0.457. The van der Waals surface area contributed by atoms with E-state index in [2.05, 4.69) is 0 Å². The molecule has 0 saturated carbocycles. The van der Waals surface area contributed by atoms with Gasteiger partial charge in [-0.15, -0.1) is 11.6 Å². The third-order valence-corrected chi connectivity index (χ3v) is 2.92. The molecule has 17 heavy (non-hydrogen) atoms. The van der Waals surface area contributed by atoms with Crippen molar-refractivity contribution in [1.82, 2.24) is 4.90 Å². The molecule has 0 fully saturated rings. The number of carbonyl (C=O) groups excluding carboxylic acids is 1. The molecule has 0 aliphatic carbocycles. The van der Waals surface area contributed by atoms with E-state index >= 15 is 0 Å². The number of nitrogens with zero attached hydrogens (tertiary/aromatic N) is 1. The van der Waals surface area contributed by atoms with E-state index in [1.165, 1.54) is 0 Å². The minimum atomic E-state index is 0.00192. The second kappa shape index (κ2) is 7.30. The predicted molar refractivity (Wildman–Crippen MR) is 69.3 cm³/mol. The van der Waals surface area contributed by atoms with E-state index in [0.29, 0.717) is 31.0 Å². The Labute approximate surface area is 107 Å². The molecule has 0 bridgehead atoms. The highest BCUT2D eigenvalue weighted by atomic mass is 35.5. The molecule has 0 saturated heterocycles. The Morgan fingerprint density at radius 2 is 2.00 bits per heavy atom. The van der Waals surface area contributed by atoms with E-state index in [9.17, 15) is 4.79 Å². The lowest BCUT2D eigenvalue weighted by atomic mass is 10.1. The number of amides is 1. The largest absolute Gasteiger partial charge is 0.396 e. The summed E-state index contributed by atoms with van der Waals surface area (Å²) in [5.41, 5.74) is 1.67. The predicted octanol–water partition coefficient (Wildman–Crippen LogP) is 2.27. The highest BCUT2D eigenvalue weighted by Gasteiger charge is 2.13. The molecule has 0 radical (unpaired) electrons. The summed E-state index contributed by atoms with van der Waals surface area (Å²) < 4.78 is 0. The van der Waals surface area contributed by atoms with Crippen LogP contribution in [0, 0.1) is 0 Å². The third kappa shape index (κ3) is 4.02. The van der Waals surface area contributed by atoms with Crippen LogP contribution in [-0.4, -0.2) is 35.6 Å². The van der Waals surface area contributed by atoms with Crippen molar-refractivity contribution >= 4 is 17.5 Å². The van der Waals surface area contributed by atoms with Gasteiger partial charge < -0.3 is 10.0 Å². The van der Waals surface area contributed by atoms with Crippen molar-refractivity contribution in [2.24, 2.45) is 0 Å². The molecule has 0 heterocycles. The van der Waals surface area contributed by atoms with E-state index in [0.717, 1.165) is 5.56 Å². The van der Waals surface area contributed by atoms with Crippen molar-refractivity contribution in [3.8, 4) is 0 Å². The quantitative estimate of drug-likeness (QED) is 0.793. The minimum Gasteiger partial charge on any atom is -0.396 e. The zero-order valence-corrected chi connectivity index (χ0v) is 10.8. The lowest BCUT2D eigenvalue weighted by Crippen LogP contribution is -2.32. The van der Waals surface area contributed by atoms with Crippen LogP contribution >= 0.6 is 11.6 Å². The first-order chi connectivity index (χ1) is 8.22. The number of aliphatic hydroxyl groups is 1. The lowest BCUT2D eigenvalue weighted by molar-refractivity contribution is 0.0754.